The third kappa shape index (κ3) is 4.85. The van der Waals surface area contributed by atoms with E-state index in [1.807, 2.05) is 0 Å². The van der Waals surface area contributed by atoms with Crippen LogP contribution < -0.4 is 0 Å². The predicted octanol–water partition coefficient (Wildman–Crippen LogP) is 15.3. The van der Waals surface area contributed by atoms with Crippen molar-refractivity contribution in [2.24, 2.45) is 0 Å². The quantitative estimate of drug-likeness (QED) is 0.161. The van der Waals surface area contributed by atoms with Gasteiger partial charge < -0.3 is 0 Å². The van der Waals surface area contributed by atoms with E-state index < -0.39 is 0 Å². The minimum absolute atomic E-state index is 0.131. The zero-order chi connectivity index (χ0) is 36.7. The Bertz CT molecular complexity index is 3150. The van der Waals surface area contributed by atoms with Gasteiger partial charge in [0.05, 0.1) is 0 Å². The van der Waals surface area contributed by atoms with Gasteiger partial charge in [0, 0.05) is 5.41 Å². The fourth-order valence-electron chi connectivity index (χ4n) is 9.55. The molecule has 0 amide bonds. The first kappa shape index (κ1) is 31.7. The highest BCUT2D eigenvalue weighted by molar-refractivity contribution is 6.25. The van der Waals surface area contributed by atoms with Crippen LogP contribution in [0, 0.1) is 0 Å². The lowest BCUT2D eigenvalue weighted by atomic mass is 9.80. The van der Waals surface area contributed by atoms with Gasteiger partial charge in [0.2, 0.25) is 0 Å². The second-order valence-electron chi connectivity index (χ2n) is 15.6. The molecule has 55 heavy (non-hydrogen) atoms. The van der Waals surface area contributed by atoms with Crippen molar-refractivity contribution in [3.8, 4) is 55.6 Å². The van der Waals surface area contributed by atoms with E-state index in [9.17, 15) is 0 Å². The van der Waals surface area contributed by atoms with Gasteiger partial charge in [-0.05, 0) is 128 Å². The standard InChI is InChI=1S/C55H38/c1-55(2)51-33-39(35-14-4-3-5-15-35)26-29-43(51)44-30-27-40(34-52(44)55)38-28-31-49-50(32-38)54(46-25-13-19-37-17-7-9-21-42(37)46)48-23-11-10-22-47(48)53(49)45-24-12-18-36-16-6-8-20-41(36)45/h3-34H,1-2H3. The zero-order valence-corrected chi connectivity index (χ0v) is 31.0. The summed E-state index contributed by atoms with van der Waals surface area (Å²) in [6.07, 6.45) is 0. The van der Waals surface area contributed by atoms with Crippen LogP contribution in [-0.4, -0.2) is 0 Å². The fraction of sp³-hybridized carbons (Fsp3) is 0.0545. The molecule has 0 atom stereocenters. The molecule has 0 fully saturated rings. The van der Waals surface area contributed by atoms with Crippen LogP contribution >= 0.6 is 0 Å². The summed E-state index contributed by atoms with van der Waals surface area (Å²) in [6.45, 7) is 4.77. The average Bonchev–Trinajstić information content (AvgIpc) is 3.47. The van der Waals surface area contributed by atoms with Gasteiger partial charge in [-0.25, -0.2) is 0 Å². The summed E-state index contributed by atoms with van der Waals surface area (Å²) in [5, 5.41) is 10.1. The molecule has 0 unspecified atom stereocenters. The van der Waals surface area contributed by atoms with Crippen molar-refractivity contribution in [1.29, 1.82) is 0 Å². The molecular weight excluding hydrogens is 661 g/mol. The SMILES string of the molecule is CC1(C)c2cc(-c3ccccc3)ccc2-c2ccc(-c3ccc4c(-c5cccc6ccccc56)c5ccccc5c(-c5cccc6ccccc56)c4c3)cc21. The highest BCUT2D eigenvalue weighted by Gasteiger charge is 2.36. The van der Waals surface area contributed by atoms with Crippen LogP contribution in [0.4, 0.5) is 0 Å². The van der Waals surface area contributed by atoms with Crippen molar-refractivity contribution in [3.05, 3.63) is 205 Å². The van der Waals surface area contributed by atoms with Gasteiger partial charge in [-0.15, -0.1) is 0 Å². The highest BCUT2D eigenvalue weighted by atomic mass is 14.4. The molecule has 0 aliphatic heterocycles. The lowest BCUT2D eigenvalue weighted by Gasteiger charge is -2.23. The summed E-state index contributed by atoms with van der Waals surface area (Å²) in [7, 11) is 0. The van der Waals surface area contributed by atoms with Gasteiger partial charge in [0.15, 0.2) is 0 Å². The molecule has 258 valence electrons. The van der Waals surface area contributed by atoms with E-state index in [0.29, 0.717) is 0 Å². The number of fused-ring (bicyclic) bond motifs is 7. The molecule has 0 heterocycles. The zero-order valence-electron chi connectivity index (χ0n) is 31.0. The van der Waals surface area contributed by atoms with Crippen molar-refractivity contribution in [1.82, 2.24) is 0 Å². The Kier molecular flexibility index (Phi) is 7.00. The number of benzene rings is 10. The van der Waals surface area contributed by atoms with E-state index in [1.165, 1.54) is 110 Å². The van der Waals surface area contributed by atoms with Crippen molar-refractivity contribution in [3.63, 3.8) is 0 Å². The summed E-state index contributed by atoms with van der Waals surface area (Å²) >= 11 is 0. The number of hydrogen-bond acceptors (Lipinski definition) is 0. The van der Waals surface area contributed by atoms with E-state index in [-0.39, 0.29) is 5.41 Å². The predicted molar refractivity (Wildman–Crippen MR) is 236 cm³/mol. The highest BCUT2D eigenvalue weighted by Crippen LogP contribution is 2.52. The van der Waals surface area contributed by atoms with Crippen LogP contribution in [0.25, 0.3) is 98.7 Å². The van der Waals surface area contributed by atoms with Gasteiger partial charge in [-0.2, -0.15) is 0 Å². The number of rotatable bonds is 4. The van der Waals surface area contributed by atoms with Crippen LogP contribution in [0.15, 0.2) is 194 Å². The largest absolute Gasteiger partial charge is 0.0622 e. The van der Waals surface area contributed by atoms with Crippen LogP contribution in [0.1, 0.15) is 25.0 Å². The topological polar surface area (TPSA) is 0 Å². The second-order valence-corrected chi connectivity index (χ2v) is 15.6. The number of hydrogen-bond donors (Lipinski definition) is 0. The first-order valence-electron chi connectivity index (χ1n) is 19.3. The summed E-state index contributed by atoms with van der Waals surface area (Å²) < 4.78 is 0. The Labute approximate surface area is 322 Å². The van der Waals surface area contributed by atoms with Gasteiger partial charge in [0.25, 0.3) is 0 Å². The van der Waals surface area contributed by atoms with Crippen molar-refractivity contribution in [2.45, 2.75) is 19.3 Å². The molecular formula is C55H38. The van der Waals surface area contributed by atoms with E-state index >= 15 is 0 Å². The van der Waals surface area contributed by atoms with E-state index in [2.05, 4.69) is 208 Å². The fourth-order valence-corrected chi connectivity index (χ4v) is 9.55. The summed E-state index contributed by atoms with van der Waals surface area (Å²) in [5.74, 6) is 0. The van der Waals surface area contributed by atoms with E-state index in [4.69, 9.17) is 0 Å². The van der Waals surface area contributed by atoms with Crippen LogP contribution in [0.2, 0.25) is 0 Å². The Balaban J connectivity index is 1.17. The molecule has 10 aromatic carbocycles. The minimum Gasteiger partial charge on any atom is -0.0622 e. The normalized spacial score (nSPS) is 13.1. The molecule has 10 aromatic rings. The molecule has 0 radical (unpaired) electrons. The van der Waals surface area contributed by atoms with Crippen molar-refractivity contribution < 1.29 is 0 Å². The smallest absolute Gasteiger partial charge is 0.0159 e. The maximum Gasteiger partial charge on any atom is 0.0159 e. The molecule has 0 bridgehead atoms. The summed E-state index contributed by atoms with van der Waals surface area (Å²) in [5.41, 5.74) is 15.4. The summed E-state index contributed by atoms with van der Waals surface area (Å²) in [4.78, 5) is 0. The Morgan fingerprint density at radius 2 is 0.691 bits per heavy atom. The minimum atomic E-state index is -0.131. The average molecular weight is 699 g/mol. The summed E-state index contributed by atoms with van der Waals surface area (Å²) in [6, 6.07) is 72.3. The van der Waals surface area contributed by atoms with Crippen molar-refractivity contribution in [2.75, 3.05) is 0 Å². The van der Waals surface area contributed by atoms with Crippen LogP contribution in [0.5, 0.6) is 0 Å². The maximum atomic E-state index is 2.47. The van der Waals surface area contributed by atoms with Gasteiger partial charge >= 0.3 is 0 Å². The third-order valence-corrected chi connectivity index (χ3v) is 12.3. The molecule has 11 rings (SSSR count). The first-order chi connectivity index (χ1) is 27.0. The molecule has 0 heteroatoms. The molecule has 1 aliphatic carbocycles. The van der Waals surface area contributed by atoms with E-state index in [1.54, 1.807) is 0 Å². The van der Waals surface area contributed by atoms with Crippen LogP contribution in [-0.2, 0) is 5.41 Å². The molecule has 1 aliphatic rings. The molecule has 0 saturated carbocycles. The lowest BCUT2D eigenvalue weighted by Crippen LogP contribution is -2.15. The molecule has 0 aromatic heterocycles. The Morgan fingerprint density at radius 1 is 0.273 bits per heavy atom. The van der Waals surface area contributed by atoms with Gasteiger partial charge in [-0.1, -0.05) is 190 Å². The van der Waals surface area contributed by atoms with Gasteiger partial charge in [-0.3, -0.25) is 0 Å². The Morgan fingerprint density at radius 3 is 1.27 bits per heavy atom. The van der Waals surface area contributed by atoms with Gasteiger partial charge in [0.1, 0.15) is 0 Å². The lowest BCUT2D eigenvalue weighted by molar-refractivity contribution is 0.661. The molecule has 0 N–H and O–H groups in total. The van der Waals surface area contributed by atoms with E-state index in [0.717, 1.165) is 0 Å². The third-order valence-electron chi connectivity index (χ3n) is 12.3. The Hall–Kier alpha value is -6.76. The monoisotopic (exact) mass is 698 g/mol. The molecule has 0 saturated heterocycles. The molecule has 0 nitrogen and oxygen atoms in total. The molecule has 0 spiro atoms. The van der Waals surface area contributed by atoms with Crippen molar-refractivity contribution >= 4 is 43.1 Å². The first-order valence-corrected chi connectivity index (χ1v) is 19.3. The maximum absolute atomic E-state index is 2.47. The van der Waals surface area contributed by atoms with Crippen LogP contribution in [0.3, 0.4) is 0 Å². The second kappa shape index (κ2) is 12.1.